The first-order valence-corrected chi connectivity index (χ1v) is 7.58. The van der Waals surface area contributed by atoms with Crippen molar-refractivity contribution in [3.8, 4) is 5.75 Å². The summed E-state index contributed by atoms with van der Waals surface area (Å²) in [5.41, 5.74) is 1.26. The Morgan fingerprint density at radius 3 is 2.50 bits per heavy atom. The fourth-order valence-electron chi connectivity index (χ4n) is 1.26. The van der Waals surface area contributed by atoms with E-state index in [9.17, 15) is 0 Å². The molecule has 16 heavy (non-hydrogen) atoms. The maximum Gasteiger partial charge on any atom is 0.122 e. The molecule has 0 bridgehead atoms. The Bertz CT molecular complexity index is 450. The second kappa shape index (κ2) is 5.84. The molecule has 0 unspecified atom stereocenters. The Morgan fingerprint density at radius 1 is 1.19 bits per heavy atom. The Hall–Kier alpha value is -0.320. The summed E-state index contributed by atoms with van der Waals surface area (Å²) >= 11 is 8.54. The van der Waals surface area contributed by atoms with E-state index in [4.69, 9.17) is 4.74 Å². The van der Waals surface area contributed by atoms with E-state index in [2.05, 4.69) is 55.4 Å². The Balaban J connectivity index is 1.94. The van der Waals surface area contributed by atoms with Gasteiger partial charge in [-0.3, -0.25) is 0 Å². The lowest BCUT2D eigenvalue weighted by Crippen LogP contribution is -1.92. The van der Waals surface area contributed by atoms with Crippen LogP contribution >= 0.6 is 43.2 Å². The van der Waals surface area contributed by atoms with Crippen molar-refractivity contribution in [3.63, 3.8) is 0 Å². The van der Waals surface area contributed by atoms with E-state index in [0.29, 0.717) is 6.61 Å². The summed E-state index contributed by atoms with van der Waals surface area (Å²) in [6.07, 6.45) is 0. The third kappa shape index (κ3) is 3.34. The zero-order valence-electron chi connectivity index (χ0n) is 8.45. The number of thiophene rings is 1. The van der Waals surface area contributed by atoms with Gasteiger partial charge in [-0.1, -0.05) is 28.1 Å². The van der Waals surface area contributed by atoms with E-state index < -0.39 is 0 Å². The molecule has 1 aromatic carbocycles. The van der Waals surface area contributed by atoms with E-state index in [-0.39, 0.29) is 0 Å². The van der Waals surface area contributed by atoms with Crippen molar-refractivity contribution in [2.45, 2.75) is 11.9 Å². The molecular weight excluding hydrogens is 352 g/mol. The second-order valence-corrected chi connectivity index (χ2v) is 5.77. The zero-order chi connectivity index (χ0) is 11.4. The topological polar surface area (TPSA) is 9.23 Å². The molecule has 1 heterocycles. The van der Waals surface area contributed by atoms with Crippen molar-refractivity contribution in [1.82, 2.24) is 0 Å². The molecule has 0 aliphatic rings. The predicted molar refractivity (Wildman–Crippen MR) is 75.4 cm³/mol. The quantitative estimate of drug-likeness (QED) is 0.697. The van der Waals surface area contributed by atoms with Gasteiger partial charge in [-0.15, -0.1) is 11.3 Å². The fraction of sp³-hybridized carbons (Fsp3) is 0.167. The van der Waals surface area contributed by atoms with Crippen LogP contribution in [-0.2, 0) is 11.9 Å². The normalized spacial score (nSPS) is 10.4. The highest BCUT2D eigenvalue weighted by Gasteiger charge is 1.99. The van der Waals surface area contributed by atoms with E-state index in [1.807, 2.05) is 12.1 Å². The van der Waals surface area contributed by atoms with Gasteiger partial charge in [-0.2, -0.15) is 0 Å². The molecule has 0 fully saturated rings. The van der Waals surface area contributed by atoms with Crippen LogP contribution in [0.3, 0.4) is 0 Å². The minimum Gasteiger partial charge on any atom is -0.488 e. The smallest absolute Gasteiger partial charge is 0.122 e. The predicted octanol–water partition coefficient (Wildman–Crippen LogP) is 4.98. The van der Waals surface area contributed by atoms with Crippen molar-refractivity contribution < 1.29 is 4.74 Å². The molecule has 0 saturated heterocycles. The molecule has 0 atom stereocenters. The first-order chi connectivity index (χ1) is 7.78. The third-order valence-corrected chi connectivity index (χ3v) is 4.40. The van der Waals surface area contributed by atoms with Crippen molar-refractivity contribution in [2.75, 3.05) is 0 Å². The number of hydrogen-bond donors (Lipinski definition) is 0. The second-order valence-electron chi connectivity index (χ2n) is 3.30. The van der Waals surface area contributed by atoms with Crippen molar-refractivity contribution in [2.24, 2.45) is 0 Å². The van der Waals surface area contributed by atoms with Gasteiger partial charge in [0, 0.05) is 20.1 Å². The van der Waals surface area contributed by atoms with Gasteiger partial charge in [0.25, 0.3) is 0 Å². The van der Waals surface area contributed by atoms with Crippen LogP contribution in [0.15, 0.2) is 40.2 Å². The molecule has 1 nitrogen and oxygen atoms in total. The molecule has 0 amide bonds. The zero-order valence-corrected chi connectivity index (χ0v) is 12.4. The highest BCUT2D eigenvalue weighted by atomic mass is 79.9. The molecule has 2 aromatic rings. The largest absolute Gasteiger partial charge is 0.488 e. The van der Waals surface area contributed by atoms with Crippen LogP contribution in [0.1, 0.15) is 10.4 Å². The van der Waals surface area contributed by atoms with E-state index in [1.165, 1.54) is 10.4 Å². The average molecular weight is 362 g/mol. The molecule has 84 valence electrons. The Morgan fingerprint density at radius 2 is 1.94 bits per heavy atom. The van der Waals surface area contributed by atoms with Crippen molar-refractivity contribution >= 4 is 43.2 Å². The molecule has 4 heteroatoms. The maximum atomic E-state index is 5.68. The summed E-state index contributed by atoms with van der Waals surface area (Å²) in [6, 6.07) is 10.2. The number of benzene rings is 1. The lowest BCUT2D eigenvalue weighted by molar-refractivity contribution is 0.309. The van der Waals surface area contributed by atoms with Crippen LogP contribution < -0.4 is 4.74 Å². The summed E-state index contributed by atoms with van der Waals surface area (Å²) in [7, 11) is 0. The lowest BCUT2D eigenvalue weighted by atomic mass is 10.2. The van der Waals surface area contributed by atoms with Gasteiger partial charge in [0.2, 0.25) is 0 Å². The summed E-state index contributed by atoms with van der Waals surface area (Å²) in [5, 5.41) is 2.94. The van der Waals surface area contributed by atoms with Crippen LogP contribution in [0, 0.1) is 0 Å². The van der Waals surface area contributed by atoms with E-state index in [0.717, 1.165) is 15.6 Å². The highest BCUT2D eigenvalue weighted by Crippen LogP contribution is 2.22. The highest BCUT2D eigenvalue weighted by molar-refractivity contribution is 9.10. The SMILES string of the molecule is BrCc1ccc(OCc2cc(Br)cs2)cc1. The first kappa shape index (κ1) is 12.1. The molecule has 0 aliphatic heterocycles. The van der Waals surface area contributed by atoms with E-state index >= 15 is 0 Å². The molecule has 0 saturated carbocycles. The third-order valence-electron chi connectivity index (χ3n) is 2.08. The molecule has 2 rings (SSSR count). The first-order valence-electron chi connectivity index (χ1n) is 4.78. The van der Waals surface area contributed by atoms with Crippen LogP contribution in [0.25, 0.3) is 0 Å². The fourth-order valence-corrected chi connectivity index (χ4v) is 2.99. The van der Waals surface area contributed by atoms with Gasteiger partial charge >= 0.3 is 0 Å². The van der Waals surface area contributed by atoms with Crippen molar-refractivity contribution in [1.29, 1.82) is 0 Å². The van der Waals surface area contributed by atoms with Crippen LogP contribution in [0.4, 0.5) is 0 Å². The van der Waals surface area contributed by atoms with Gasteiger partial charge in [-0.25, -0.2) is 0 Å². The van der Waals surface area contributed by atoms with Crippen LogP contribution in [0.2, 0.25) is 0 Å². The maximum absolute atomic E-state index is 5.68. The van der Waals surface area contributed by atoms with Gasteiger partial charge < -0.3 is 4.74 Å². The van der Waals surface area contributed by atoms with E-state index in [1.54, 1.807) is 11.3 Å². The van der Waals surface area contributed by atoms with Gasteiger partial charge in [0.1, 0.15) is 12.4 Å². The summed E-state index contributed by atoms with van der Waals surface area (Å²) < 4.78 is 6.80. The molecule has 0 N–H and O–H groups in total. The standard InChI is InChI=1S/C12H10Br2OS/c13-6-9-1-3-11(4-2-9)15-7-12-5-10(14)8-16-12/h1-5,8H,6-7H2. The minimum absolute atomic E-state index is 0.629. The number of alkyl halides is 1. The summed E-state index contributed by atoms with van der Waals surface area (Å²) in [4.78, 5) is 1.22. The number of halogens is 2. The Kier molecular flexibility index (Phi) is 4.44. The Labute approximate surface area is 116 Å². The molecule has 0 aliphatic carbocycles. The minimum atomic E-state index is 0.629. The molecule has 0 radical (unpaired) electrons. The van der Waals surface area contributed by atoms with Crippen molar-refractivity contribution in [3.05, 3.63) is 50.6 Å². The number of hydrogen-bond acceptors (Lipinski definition) is 2. The monoisotopic (exact) mass is 360 g/mol. The molecule has 1 aromatic heterocycles. The van der Waals surface area contributed by atoms with Gasteiger partial charge in [-0.05, 0) is 39.7 Å². The van der Waals surface area contributed by atoms with Crippen LogP contribution in [0.5, 0.6) is 5.75 Å². The van der Waals surface area contributed by atoms with Gasteiger partial charge in [0.05, 0.1) is 0 Å². The van der Waals surface area contributed by atoms with Gasteiger partial charge in [0.15, 0.2) is 0 Å². The number of rotatable bonds is 4. The number of ether oxygens (including phenoxy) is 1. The molecular formula is C12H10Br2OS. The average Bonchev–Trinajstić information content (AvgIpc) is 2.73. The summed E-state index contributed by atoms with van der Waals surface area (Å²) in [5.74, 6) is 0.911. The summed E-state index contributed by atoms with van der Waals surface area (Å²) in [6.45, 7) is 0.629. The lowest BCUT2D eigenvalue weighted by Gasteiger charge is -2.04. The van der Waals surface area contributed by atoms with Crippen LogP contribution in [-0.4, -0.2) is 0 Å². The molecule has 0 spiro atoms.